The molecule has 3 aromatic carbocycles. The summed E-state index contributed by atoms with van der Waals surface area (Å²) in [5.74, 6) is 0. The van der Waals surface area contributed by atoms with Crippen LogP contribution in [0.25, 0.3) is 0 Å². The Balaban J connectivity index is 1.89. The summed E-state index contributed by atoms with van der Waals surface area (Å²) in [5.41, 5.74) is 0.821. The minimum absolute atomic E-state index is 0.0953. The Morgan fingerprint density at radius 2 is 1.19 bits per heavy atom. The van der Waals surface area contributed by atoms with E-state index in [9.17, 15) is 16.8 Å². The Morgan fingerprint density at radius 1 is 0.710 bits per heavy atom. The average Bonchev–Trinajstić information content (AvgIpc) is 2.80. The maximum atomic E-state index is 13.7. The minimum atomic E-state index is -3.85. The molecule has 7 heteroatoms. The van der Waals surface area contributed by atoms with E-state index in [2.05, 4.69) is 0 Å². The first-order valence-corrected chi connectivity index (χ1v) is 12.9. The normalized spacial score (nSPS) is 20.2. The molecule has 0 saturated carbocycles. The van der Waals surface area contributed by atoms with E-state index >= 15 is 0 Å². The van der Waals surface area contributed by atoms with Crippen LogP contribution in [0, 0.1) is 0 Å². The quantitative estimate of drug-likeness (QED) is 0.586. The molecular weight excluding hydrogens is 430 g/mol. The van der Waals surface area contributed by atoms with Gasteiger partial charge in [0.2, 0.25) is 9.84 Å². The molecule has 0 spiro atoms. The lowest BCUT2D eigenvalue weighted by molar-refractivity contribution is 0.258. The SMILES string of the molecule is CN1CC(S(=O)(=O)c2ccccc2)=C[C@@H](S(=O)(=O)c2ccccc2)[C@@H]1c1ccccc1. The van der Waals surface area contributed by atoms with Crippen molar-refractivity contribution in [2.24, 2.45) is 0 Å². The molecule has 0 saturated heterocycles. The van der Waals surface area contributed by atoms with Gasteiger partial charge in [0.1, 0.15) is 5.25 Å². The number of rotatable bonds is 5. The van der Waals surface area contributed by atoms with Crippen molar-refractivity contribution in [2.75, 3.05) is 13.6 Å². The first-order valence-electron chi connectivity index (χ1n) is 9.87. The van der Waals surface area contributed by atoms with Gasteiger partial charge in [0.25, 0.3) is 0 Å². The van der Waals surface area contributed by atoms with Gasteiger partial charge >= 0.3 is 0 Å². The average molecular weight is 454 g/mol. The topological polar surface area (TPSA) is 71.5 Å². The van der Waals surface area contributed by atoms with Crippen molar-refractivity contribution in [3.8, 4) is 0 Å². The third-order valence-corrected chi connectivity index (χ3v) is 9.40. The smallest absolute Gasteiger partial charge is 0.203 e. The first-order chi connectivity index (χ1) is 14.8. The second kappa shape index (κ2) is 8.42. The van der Waals surface area contributed by atoms with Crippen LogP contribution < -0.4 is 0 Å². The molecule has 160 valence electrons. The molecule has 1 aliphatic heterocycles. The van der Waals surface area contributed by atoms with Crippen LogP contribution in [0.2, 0.25) is 0 Å². The van der Waals surface area contributed by atoms with Gasteiger partial charge in [-0.1, -0.05) is 66.7 Å². The number of hydrogen-bond acceptors (Lipinski definition) is 5. The van der Waals surface area contributed by atoms with Crippen LogP contribution in [0.3, 0.4) is 0 Å². The fourth-order valence-electron chi connectivity index (χ4n) is 3.97. The van der Waals surface area contributed by atoms with Crippen LogP contribution in [0.15, 0.2) is 112 Å². The standard InChI is InChI=1S/C24H23NO4S2/c1-25-18-22(30(26,27)20-13-7-3-8-14-20)17-23(24(25)19-11-5-2-6-12-19)31(28,29)21-15-9-4-10-16-21/h2-17,23-24H,18H2,1H3/t23-,24+/m1/s1. The van der Waals surface area contributed by atoms with Crippen LogP contribution in [-0.2, 0) is 19.7 Å². The summed E-state index contributed by atoms with van der Waals surface area (Å²) >= 11 is 0. The molecule has 0 amide bonds. The molecule has 1 aliphatic rings. The largest absolute Gasteiger partial charge is 0.293 e. The highest BCUT2D eigenvalue weighted by Gasteiger charge is 2.42. The Morgan fingerprint density at radius 3 is 1.74 bits per heavy atom. The third-order valence-electron chi connectivity index (χ3n) is 5.51. The maximum Gasteiger partial charge on any atom is 0.203 e. The predicted octanol–water partition coefficient (Wildman–Crippen LogP) is 3.87. The van der Waals surface area contributed by atoms with Crippen molar-refractivity contribution in [3.63, 3.8) is 0 Å². The molecule has 2 atom stereocenters. The summed E-state index contributed by atoms with van der Waals surface area (Å²) in [6, 6.07) is 25.1. The molecule has 0 aliphatic carbocycles. The summed E-state index contributed by atoms with van der Waals surface area (Å²) in [7, 11) is -5.91. The predicted molar refractivity (Wildman–Crippen MR) is 121 cm³/mol. The maximum absolute atomic E-state index is 13.7. The summed E-state index contributed by atoms with van der Waals surface area (Å²) in [6.45, 7) is 0.123. The van der Waals surface area contributed by atoms with Crippen molar-refractivity contribution < 1.29 is 16.8 Å². The number of nitrogens with zero attached hydrogens (tertiary/aromatic N) is 1. The molecule has 0 bridgehead atoms. The number of sulfone groups is 2. The van der Waals surface area contributed by atoms with Crippen molar-refractivity contribution in [1.82, 2.24) is 4.90 Å². The molecule has 1 heterocycles. The Kier molecular flexibility index (Phi) is 5.83. The highest BCUT2D eigenvalue weighted by molar-refractivity contribution is 7.95. The number of benzene rings is 3. The van der Waals surface area contributed by atoms with E-state index in [1.165, 1.54) is 18.2 Å². The zero-order valence-electron chi connectivity index (χ0n) is 17.0. The second-order valence-corrected chi connectivity index (χ2v) is 11.7. The van der Waals surface area contributed by atoms with Crippen LogP contribution >= 0.6 is 0 Å². The lowest BCUT2D eigenvalue weighted by atomic mass is 9.99. The van der Waals surface area contributed by atoms with Crippen molar-refractivity contribution in [1.29, 1.82) is 0 Å². The van der Waals surface area contributed by atoms with E-state index in [-0.39, 0.29) is 21.2 Å². The lowest BCUT2D eigenvalue weighted by Crippen LogP contribution is -2.43. The summed E-state index contributed by atoms with van der Waals surface area (Å²) in [4.78, 5) is 2.22. The lowest BCUT2D eigenvalue weighted by Gasteiger charge is -2.38. The monoisotopic (exact) mass is 453 g/mol. The molecule has 0 unspecified atom stereocenters. The number of likely N-dealkylation sites (N-methyl/N-ethyl adjacent to an activating group) is 1. The highest BCUT2D eigenvalue weighted by Crippen LogP contribution is 2.38. The van der Waals surface area contributed by atoms with Gasteiger partial charge in [-0.2, -0.15) is 0 Å². The van der Waals surface area contributed by atoms with Gasteiger partial charge in [0.15, 0.2) is 9.84 Å². The first kappa shape index (κ1) is 21.5. The van der Waals surface area contributed by atoms with E-state index in [4.69, 9.17) is 0 Å². The molecule has 0 aromatic heterocycles. The fraction of sp³-hybridized carbons (Fsp3) is 0.167. The van der Waals surface area contributed by atoms with Gasteiger partial charge in [-0.25, -0.2) is 16.8 Å². The molecule has 0 fully saturated rings. The fourth-order valence-corrected chi connectivity index (χ4v) is 7.47. The van der Waals surface area contributed by atoms with Gasteiger partial charge in [-0.15, -0.1) is 0 Å². The summed E-state index contributed by atoms with van der Waals surface area (Å²) < 4.78 is 53.9. The summed E-state index contributed by atoms with van der Waals surface area (Å²) in [5, 5.41) is -1.05. The van der Waals surface area contributed by atoms with Crippen LogP contribution in [0.1, 0.15) is 11.6 Å². The van der Waals surface area contributed by atoms with Crippen LogP contribution in [0.5, 0.6) is 0 Å². The van der Waals surface area contributed by atoms with Gasteiger partial charge in [0.05, 0.1) is 20.7 Å². The highest BCUT2D eigenvalue weighted by atomic mass is 32.2. The van der Waals surface area contributed by atoms with Crippen molar-refractivity contribution in [3.05, 3.63) is 108 Å². The Bertz CT molecular complexity index is 1290. The molecule has 4 rings (SSSR count). The van der Waals surface area contributed by atoms with E-state index in [0.717, 1.165) is 5.56 Å². The molecule has 3 aromatic rings. The van der Waals surface area contributed by atoms with E-state index < -0.39 is 31.0 Å². The zero-order chi connectivity index (χ0) is 22.1. The van der Waals surface area contributed by atoms with Gasteiger partial charge in [0, 0.05) is 6.54 Å². The zero-order valence-corrected chi connectivity index (χ0v) is 18.6. The summed E-state index contributed by atoms with van der Waals surface area (Å²) in [6.07, 6.45) is 1.43. The van der Waals surface area contributed by atoms with E-state index in [1.807, 2.05) is 30.3 Å². The van der Waals surface area contributed by atoms with Gasteiger partial charge in [-0.3, -0.25) is 4.90 Å². The molecular formula is C24H23NO4S2. The molecule has 0 N–H and O–H groups in total. The molecule has 31 heavy (non-hydrogen) atoms. The van der Waals surface area contributed by atoms with Crippen LogP contribution in [0.4, 0.5) is 0 Å². The van der Waals surface area contributed by atoms with Crippen LogP contribution in [-0.4, -0.2) is 40.6 Å². The van der Waals surface area contributed by atoms with E-state index in [0.29, 0.717) is 0 Å². The number of hydrogen-bond donors (Lipinski definition) is 0. The second-order valence-electron chi connectivity index (χ2n) is 7.54. The van der Waals surface area contributed by atoms with E-state index in [1.54, 1.807) is 60.5 Å². The van der Waals surface area contributed by atoms with Gasteiger partial charge in [-0.05, 0) is 43.0 Å². The molecule has 5 nitrogen and oxygen atoms in total. The molecule has 0 radical (unpaired) electrons. The minimum Gasteiger partial charge on any atom is -0.293 e. The third kappa shape index (κ3) is 4.08. The van der Waals surface area contributed by atoms with Crippen molar-refractivity contribution >= 4 is 19.7 Å². The van der Waals surface area contributed by atoms with Crippen molar-refractivity contribution in [2.45, 2.75) is 21.1 Å². The Labute approximate surface area is 183 Å². The Hall–Kier alpha value is -2.74. The van der Waals surface area contributed by atoms with Gasteiger partial charge < -0.3 is 0 Å².